The van der Waals surface area contributed by atoms with Crippen LogP contribution in [0.15, 0.2) is 61.2 Å². The molecule has 0 bridgehead atoms. The van der Waals surface area contributed by atoms with Gasteiger partial charge in [0.2, 0.25) is 0 Å². The summed E-state index contributed by atoms with van der Waals surface area (Å²) in [7, 11) is 1.58. The Morgan fingerprint density at radius 1 is 1.27 bits per heavy atom. The molecule has 3 aromatic rings. The van der Waals surface area contributed by atoms with Gasteiger partial charge in [-0.15, -0.1) is 0 Å². The summed E-state index contributed by atoms with van der Waals surface area (Å²) in [4.78, 5) is 27.1. The lowest BCUT2D eigenvalue weighted by Crippen LogP contribution is -2.23. The third-order valence-corrected chi connectivity index (χ3v) is 3.83. The molecule has 1 N–H and O–H groups in total. The topological polar surface area (TPSA) is 99.3 Å². The predicted octanol–water partition coefficient (Wildman–Crippen LogP) is 2.72. The molecule has 0 aliphatic heterocycles. The number of rotatable bonds is 6. The molecule has 132 valence electrons. The number of imidazole rings is 1. The Bertz CT molecular complexity index is 921. The van der Waals surface area contributed by atoms with Gasteiger partial charge in [-0.3, -0.25) is 14.9 Å². The molecular weight excluding hydrogens is 336 g/mol. The van der Waals surface area contributed by atoms with Crippen LogP contribution in [-0.4, -0.2) is 27.5 Å². The standard InChI is InChI=1S/C18H16N4O4/c1-26-15-5-2-13(3-6-15)11-20-18(23)14-4-7-16(17(10-14)22(24)25)21-9-8-19-12-21/h2-10,12H,11H2,1H3,(H,20,23). The average molecular weight is 352 g/mol. The molecule has 0 spiro atoms. The highest BCUT2D eigenvalue weighted by atomic mass is 16.6. The number of hydrogen-bond acceptors (Lipinski definition) is 5. The van der Waals surface area contributed by atoms with E-state index < -0.39 is 4.92 Å². The number of nitrogens with zero attached hydrogens (tertiary/aromatic N) is 3. The number of nitro groups is 1. The van der Waals surface area contributed by atoms with Crippen LogP contribution in [0.2, 0.25) is 0 Å². The van der Waals surface area contributed by atoms with Gasteiger partial charge in [-0.2, -0.15) is 0 Å². The maximum Gasteiger partial charge on any atom is 0.294 e. The van der Waals surface area contributed by atoms with Crippen molar-refractivity contribution in [2.24, 2.45) is 0 Å². The van der Waals surface area contributed by atoms with Gasteiger partial charge >= 0.3 is 0 Å². The van der Waals surface area contributed by atoms with Crippen molar-refractivity contribution in [2.45, 2.75) is 6.54 Å². The van der Waals surface area contributed by atoms with Crippen molar-refractivity contribution in [3.8, 4) is 11.4 Å². The SMILES string of the molecule is COc1ccc(CNC(=O)c2ccc(-n3ccnc3)c([N+](=O)[O-])c2)cc1. The van der Waals surface area contributed by atoms with Gasteiger partial charge in [-0.25, -0.2) is 4.98 Å². The number of nitro benzene ring substituents is 1. The second kappa shape index (κ2) is 7.47. The molecule has 0 atom stereocenters. The third-order valence-electron chi connectivity index (χ3n) is 3.83. The Kier molecular flexibility index (Phi) is 4.93. The largest absolute Gasteiger partial charge is 0.497 e. The molecule has 1 aromatic heterocycles. The molecule has 1 heterocycles. The third kappa shape index (κ3) is 3.69. The molecule has 3 rings (SSSR count). The first-order valence-corrected chi connectivity index (χ1v) is 7.76. The van der Waals surface area contributed by atoms with E-state index in [1.54, 1.807) is 31.5 Å². The first kappa shape index (κ1) is 17.2. The second-order valence-electron chi connectivity index (χ2n) is 5.46. The molecule has 8 heteroatoms. The number of hydrogen-bond donors (Lipinski definition) is 1. The van der Waals surface area contributed by atoms with Gasteiger partial charge in [0.15, 0.2) is 0 Å². The first-order valence-electron chi connectivity index (χ1n) is 7.76. The zero-order chi connectivity index (χ0) is 18.5. The van der Waals surface area contributed by atoms with E-state index in [0.29, 0.717) is 12.2 Å². The summed E-state index contributed by atoms with van der Waals surface area (Å²) in [6.07, 6.45) is 4.59. The van der Waals surface area contributed by atoms with E-state index in [4.69, 9.17) is 4.74 Å². The number of aromatic nitrogens is 2. The van der Waals surface area contributed by atoms with Crippen molar-refractivity contribution in [3.63, 3.8) is 0 Å². The molecule has 0 aliphatic carbocycles. The summed E-state index contributed by atoms with van der Waals surface area (Å²) in [6, 6.07) is 11.6. The quantitative estimate of drug-likeness (QED) is 0.543. The minimum Gasteiger partial charge on any atom is -0.497 e. The van der Waals surface area contributed by atoms with Crippen LogP contribution in [0.4, 0.5) is 5.69 Å². The summed E-state index contributed by atoms with van der Waals surface area (Å²) in [5.41, 5.74) is 1.29. The Hall–Kier alpha value is -3.68. The van der Waals surface area contributed by atoms with Crippen LogP contribution < -0.4 is 10.1 Å². The highest BCUT2D eigenvalue weighted by Gasteiger charge is 2.18. The smallest absolute Gasteiger partial charge is 0.294 e. The van der Waals surface area contributed by atoms with Crippen LogP contribution in [0.5, 0.6) is 5.75 Å². The van der Waals surface area contributed by atoms with Gasteiger partial charge in [0.25, 0.3) is 11.6 Å². The number of methoxy groups -OCH3 is 1. The van der Waals surface area contributed by atoms with Crippen LogP contribution in [0.3, 0.4) is 0 Å². The summed E-state index contributed by atoms with van der Waals surface area (Å²) in [6.45, 7) is 0.305. The summed E-state index contributed by atoms with van der Waals surface area (Å²) in [5, 5.41) is 14.1. The number of ether oxygens (including phenoxy) is 1. The van der Waals surface area contributed by atoms with Crippen LogP contribution in [0.1, 0.15) is 15.9 Å². The minimum atomic E-state index is -0.518. The van der Waals surface area contributed by atoms with Crippen LogP contribution in [-0.2, 0) is 6.54 Å². The zero-order valence-corrected chi connectivity index (χ0v) is 14.0. The van der Waals surface area contributed by atoms with Crippen LogP contribution in [0.25, 0.3) is 5.69 Å². The van der Waals surface area contributed by atoms with Crippen LogP contribution >= 0.6 is 0 Å². The van der Waals surface area contributed by atoms with Crippen LogP contribution in [0, 0.1) is 10.1 Å². The number of benzene rings is 2. The normalized spacial score (nSPS) is 10.3. The molecule has 2 aromatic carbocycles. The Labute approximate surface area is 149 Å². The number of amides is 1. The average Bonchev–Trinajstić information content (AvgIpc) is 3.20. The molecular formula is C18H16N4O4. The van der Waals surface area contributed by atoms with Crippen molar-refractivity contribution in [2.75, 3.05) is 7.11 Å². The van der Waals surface area contributed by atoms with Gasteiger partial charge in [-0.1, -0.05) is 12.1 Å². The molecule has 0 fully saturated rings. The molecule has 26 heavy (non-hydrogen) atoms. The Morgan fingerprint density at radius 3 is 2.65 bits per heavy atom. The fourth-order valence-electron chi connectivity index (χ4n) is 2.46. The van der Waals surface area contributed by atoms with E-state index in [1.807, 2.05) is 12.1 Å². The molecule has 1 amide bonds. The van der Waals surface area contributed by atoms with E-state index in [9.17, 15) is 14.9 Å². The summed E-state index contributed by atoms with van der Waals surface area (Å²) >= 11 is 0. The summed E-state index contributed by atoms with van der Waals surface area (Å²) < 4.78 is 6.61. The van der Waals surface area contributed by atoms with Crippen molar-refractivity contribution < 1.29 is 14.5 Å². The highest BCUT2D eigenvalue weighted by Crippen LogP contribution is 2.24. The predicted molar refractivity (Wildman–Crippen MR) is 94.4 cm³/mol. The maximum atomic E-state index is 12.3. The zero-order valence-electron chi connectivity index (χ0n) is 14.0. The van der Waals surface area contributed by atoms with Crippen molar-refractivity contribution in [3.05, 3.63) is 82.4 Å². The molecule has 0 saturated carbocycles. The lowest BCUT2D eigenvalue weighted by atomic mass is 10.1. The lowest BCUT2D eigenvalue weighted by molar-refractivity contribution is -0.384. The highest BCUT2D eigenvalue weighted by molar-refractivity contribution is 5.95. The van der Waals surface area contributed by atoms with Crippen molar-refractivity contribution >= 4 is 11.6 Å². The van der Waals surface area contributed by atoms with E-state index in [0.717, 1.165) is 11.3 Å². The number of nitrogens with one attached hydrogen (secondary N) is 1. The molecule has 0 saturated heterocycles. The molecule has 0 aliphatic rings. The molecule has 0 unspecified atom stereocenters. The van der Waals surface area contributed by atoms with Gasteiger partial charge in [0.05, 0.1) is 18.4 Å². The molecule has 8 nitrogen and oxygen atoms in total. The van der Waals surface area contributed by atoms with E-state index in [-0.39, 0.29) is 17.2 Å². The van der Waals surface area contributed by atoms with Crippen molar-refractivity contribution in [1.29, 1.82) is 0 Å². The Balaban J connectivity index is 1.76. The van der Waals surface area contributed by atoms with E-state index >= 15 is 0 Å². The number of carbonyl (C=O) groups excluding carboxylic acids is 1. The fraction of sp³-hybridized carbons (Fsp3) is 0.111. The van der Waals surface area contributed by atoms with Crippen molar-refractivity contribution in [1.82, 2.24) is 14.9 Å². The lowest BCUT2D eigenvalue weighted by Gasteiger charge is -2.08. The Morgan fingerprint density at radius 2 is 2.04 bits per heavy atom. The fourth-order valence-corrected chi connectivity index (χ4v) is 2.46. The van der Waals surface area contributed by atoms with E-state index in [1.165, 1.54) is 29.2 Å². The number of carbonyl (C=O) groups is 1. The van der Waals surface area contributed by atoms with Gasteiger partial charge < -0.3 is 14.6 Å². The van der Waals surface area contributed by atoms with Gasteiger partial charge in [0.1, 0.15) is 11.4 Å². The van der Waals surface area contributed by atoms with Gasteiger partial charge in [0, 0.05) is 30.6 Å². The second-order valence-corrected chi connectivity index (χ2v) is 5.46. The summed E-state index contributed by atoms with van der Waals surface area (Å²) in [5.74, 6) is 0.340. The van der Waals surface area contributed by atoms with Gasteiger partial charge in [-0.05, 0) is 29.8 Å². The monoisotopic (exact) mass is 352 g/mol. The minimum absolute atomic E-state index is 0.167. The first-order chi connectivity index (χ1) is 12.6. The maximum absolute atomic E-state index is 12.3. The van der Waals surface area contributed by atoms with E-state index in [2.05, 4.69) is 10.3 Å². The molecule has 0 radical (unpaired) electrons.